The fourth-order valence-corrected chi connectivity index (χ4v) is 2.09. The largest absolute Gasteiger partial charge is 0.230 e. The summed E-state index contributed by atoms with van der Waals surface area (Å²) in [6.45, 7) is 0. The molecular weight excluding hydrogens is 272 g/mol. The lowest BCUT2D eigenvalue weighted by Gasteiger charge is -2.03. The summed E-state index contributed by atoms with van der Waals surface area (Å²) in [5, 5.41) is 0.797. The number of nitrogens with zero attached hydrogens (tertiary/aromatic N) is 2. The number of hydrogen-bond acceptors (Lipinski definition) is 3. The maximum absolute atomic E-state index is 4.25. The van der Waals surface area contributed by atoms with E-state index in [0.29, 0.717) is 0 Å². The molecule has 0 radical (unpaired) electrons. The second-order valence-corrected chi connectivity index (χ2v) is 4.57. The van der Waals surface area contributed by atoms with Crippen LogP contribution in [-0.4, -0.2) is 16.2 Å². The van der Waals surface area contributed by atoms with Crippen molar-refractivity contribution in [3.05, 3.63) is 41.1 Å². The number of benzene rings is 1. The molecule has 76 valence electrons. The molecule has 0 amide bonds. The Morgan fingerprint density at radius 1 is 1.13 bits per heavy atom. The molecule has 1 aromatic carbocycles. The summed E-state index contributed by atoms with van der Waals surface area (Å²) in [5.74, 6) is 0. The van der Waals surface area contributed by atoms with Crippen molar-refractivity contribution in [3.8, 4) is 11.1 Å². The SMILES string of the molecule is CSc1ncc(-c2ccccc2Br)cn1. The molecule has 0 aliphatic rings. The van der Waals surface area contributed by atoms with Gasteiger partial charge in [0.05, 0.1) is 0 Å². The van der Waals surface area contributed by atoms with E-state index >= 15 is 0 Å². The zero-order valence-corrected chi connectivity index (χ0v) is 10.5. The molecule has 0 saturated heterocycles. The lowest BCUT2D eigenvalue weighted by atomic mass is 10.1. The molecule has 0 aliphatic carbocycles. The first-order valence-electron chi connectivity index (χ1n) is 4.42. The van der Waals surface area contributed by atoms with E-state index in [0.717, 1.165) is 20.8 Å². The standard InChI is InChI=1S/C11H9BrN2S/c1-15-11-13-6-8(7-14-11)9-4-2-3-5-10(9)12/h2-7H,1H3. The number of thioether (sulfide) groups is 1. The Labute approximate surface area is 101 Å². The summed E-state index contributed by atoms with van der Waals surface area (Å²) in [4.78, 5) is 8.49. The zero-order valence-electron chi connectivity index (χ0n) is 8.14. The molecule has 1 aromatic heterocycles. The summed E-state index contributed by atoms with van der Waals surface area (Å²) in [7, 11) is 0. The quantitative estimate of drug-likeness (QED) is 0.621. The highest BCUT2D eigenvalue weighted by Gasteiger charge is 2.02. The van der Waals surface area contributed by atoms with Crippen LogP contribution in [0.1, 0.15) is 0 Å². The molecule has 2 rings (SSSR count). The third-order valence-electron chi connectivity index (χ3n) is 2.00. The molecule has 0 N–H and O–H groups in total. The molecule has 0 aliphatic heterocycles. The number of aromatic nitrogens is 2. The van der Waals surface area contributed by atoms with Crippen LogP contribution in [0.4, 0.5) is 0 Å². The van der Waals surface area contributed by atoms with Crippen molar-refractivity contribution in [2.24, 2.45) is 0 Å². The maximum atomic E-state index is 4.25. The van der Waals surface area contributed by atoms with Crippen molar-refractivity contribution in [1.82, 2.24) is 9.97 Å². The molecule has 15 heavy (non-hydrogen) atoms. The lowest BCUT2D eigenvalue weighted by molar-refractivity contribution is 0.973. The zero-order chi connectivity index (χ0) is 10.7. The molecule has 2 nitrogen and oxygen atoms in total. The number of rotatable bonds is 2. The third kappa shape index (κ3) is 2.38. The Bertz CT molecular complexity index is 456. The van der Waals surface area contributed by atoms with Gasteiger partial charge in [-0.1, -0.05) is 45.9 Å². The normalized spacial score (nSPS) is 10.3. The van der Waals surface area contributed by atoms with Crippen LogP contribution in [0.25, 0.3) is 11.1 Å². The lowest BCUT2D eigenvalue weighted by Crippen LogP contribution is -1.87. The summed E-state index contributed by atoms with van der Waals surface area (Å²) >= 11 is 5.05. The van der Waals surface area contributed by atoms with Gasteiger partial charge < -0.3 is 0 Å². The molecule has 0 atom stereocenters. The maximum Gasteiger partial charge on any atom is 0.187 e. The summed E-state index contributed by atoms with van der Waals surface area (Å²) < 4.78 is 1.06. The van der Waals surface area contributed by atoms with E-state index < -0.39 is 0 Å². The van der Waals surface area contributed by atoms with E-state index in [9.17, 15) is 0 Å². The predicted molar refractivity (Wildman–Crippen MR) is 66.9 cm³/mol. The average molecular weight is 281 g/mol. The molecule has 0 bridgehead atoms. The van der Waals surface area contributed by atoms with E-state index in [1.807, 2.05) is 42.9 Å². The van der Waals surface area contributed by atoms with Crippen molar-refractivity contribution in [1.29, 1.82) is 0 Å². The second-order valence-electron chi connectivity index (χ2n) is 2.94. The van der Waals surface area contributed by atoms with E-state index in [2.05, 4.69) is 25.9 Å². The van der Waals surface area contributed by atoms with Crippen molar-refractivity contribution in [3.63, 3.8) is 0 Å². The van der Waals surface area contributed by atoms with E-state index in [1.54, 1.807) is 11.8 Å². The first-order chi connectivity index (χ1) is 7.31. The monoisotopic (exact) mass is 280 g/mol. The van der Waals surface area contributed by atoms with Crippen molar-refractivity contribution < 1.29 is 0 Å². The van der Waals surface area contributed by atoms with E-state index in [-0.39, 0.29) is 0 Å². The van der Waals surface area contributed by atoms with Crippen LogP contribution in [0.5, 0.6) is 0 Å². The van der Waals surface area contributed by atoms with Crippen LogP contribution in [0, 0.1) is 0 Å². The molecule has 1 heterocycles. The molecule has 2 aromatic rings. The first kappa shape index (κ1) is 10.6. The Morgan fingerprint density at radius 3 is 2.40 bits per heavy atom. The molecule has 0 saturated carbocycles. The highest BCUT2D eigenvalue weighted by atomic mass is 79.9. The third-order valence-corrected chi connectivity index (χ3v) is 3.26. The van der Waals surface area contributed by atoms with Gasteiger partial charge in [0.15, 0.2) is 5.16 Å². The summed E-state index contributed by atoms with van der Waals surface area (Å²) in [5.41, 5.74) is 2.14. The van der Waals surface area contributed by atoms with Crippen LogP contribution in [-0.2, 0) is 0 Å². The minimum atomic E-state index is 0.797. The second kappa shape index (κ2) is 4.77. The smallest absolute Gasteiger partial charge is 0.187 e. The van der Waals surface area contributed by atoms with Gasteiger partial charge in [-0.05, 0) is 17.9 Å². The van der Waals surface area contributed by atoms with Crippen LogP contribution in [0.3, 0.4) is 0 Å². The average Bonchev–Trinajstić information content (AvgIpc) is 2.30. The van der Waals surface area contributed by atoms with Gasteiger partial charge in [-0.2, -0.15) is 0 Å². The fraction of sp³-hybridized carbons (Fsp3) is 0.0909. The van der Waals surface area contributed by atoms with Crippen molar-refractivity contribution in [2.45, 2.75) is 5.16 Å². The van der Waals surface area contributed by atoms with Gasteiger partial charge in [0.25, 0.3) is 0 Å². The molecule has 0 fully saturated rings. The Kier molecular flexibility index (Phi) is 3.38. The molecule has 4 heteroatoms. The fourth-order valence-electron chi connectivity index (χ4n) is 1.26. The van der Waals surface area contributed by atoms with E-state index in [1.165, 1.54) is 0 Å². The van der Waals surface area contributed by atoms with Gasteiger partial charge in [0.2, 0.25) is 0 Å². The molecular formula is C11H9BrN2S. The van der Waals surface area contributed by atoms with Gasteiger partial charge in [0, 0.05) is 22.4 Å². The van der Waals surface area contributed by atoms with Gasteiger partial charge in [-0.25, -0.2) is 9.97 Å². The Hall–Kier alpha value is -0.870. The van der Waals surface area contributed by atoms with Gasteiger partial charge in [-0.15, -0.1) is 0 Å². The van der Waals surface area contributed by atoms with Gasteiger partial charge >= 0.3 is 0 Å². The van der Waals surface area contributed by atoms with Gasteiger partial charge in [-0.3, -0.25) is 0 Å². The van der Waals surface area contributed by atoms with Crippen LogP contribution in [0.2, 0.25) is 0 Å². The minimum Gasteiger partial charge on any atom is -0.230 e. The highest BCUT2D eigenvalue weighted by Crippen LogP contribution is 2.27. The highest BCUT2D eigenvalue weighted by molar-refractivity contribution is 9.10. The molecule has 0 unspecified atom stereocenters. The predicted octanol–water partition coefficient (Wildman–Crippen LogP) is 3.63. The van der Waals surface area contributed by atoms with Gasteiger partial charge in [0.1, 0.15) is 0 Å². The topological polar surface area (TPSA) is 25.8 Å². The Morgan fingerprint density at radius 2 is 1.80 bits per heavy atom. The number of hydrogen-bond donors (Lipinski definition) is 0. The van der Waals surface area contributed by atoms with Crippen LogP contribution < -0.4 is 0 Å². The van der Waals surface area contributed by atoms with Crippen molar-refractivity contribution in [2.75, 3.05) is 6.26 Å². The minimum absolute atomic E-state index is 0.797. The molecule has 0 spiro atoms. The van der Waals surface area contributed by atoms with Crippen LogP contribution >= 0.6 is 27.7 Å². The van der Waals surface area contributed by atoms with Crippen molar-refractivity contribution >= 4 is 27.7 Å². The van der Waals surface area contributed by atoms with Crippen LogP contribution in [0.15, 0.2) is 46.3 Å². The first-order valence-corrected chi connectivity index (χ1v) is 6.44. The summed E-state index contributed by atoms with van der Waals surface area (Å²) in [6, 6.07) is 8.05. The van der Waals surface area contributed by atoms with E-state index in [4.69, 9.17) is 0 Å². The summed E-state index contributed by atoms with van der Waals surface area (Å²) in [6.07, 6.45) is 5.66. The number of halogens is 1. The Balaban J connectivity index is 2.42.